The number of nitrogens with two attached hydrogens (primary N) is 2. The summed E-state index contributed by atoms with van der Waals surface area (Å²) in [6, 6.07) is 10.1. The highest BCUT2D eigenvalue weighted by Gasteiger charge is 2.17. The number of carbonyl (C=O) groups excluding carboxylic acids is 1. The number of hydrogen-bond donors (Lipinski definition) is 4. The normalized spacial score (nSPS) is 12.0. The molecule has 1 amide bonds. The number of halogens is 1. The Morgan fingerprint density at radius 2 is 2.08 bits per heavy atom. The lowest BCUT2D eigenvalue weighted by Gasteiger charge is -2.16. The fraction of sp³-hybridized carbons (Fsp3) is 0.167. The van der Waals surface area contributed by atoms with Gasteiger partial charge >= 0.3 is 0 Å². The summed E-state index contributed by atoms with van der Waals surface area (Å²) in [4.78, 5) is 20.2. The van der Waals surface area contributed by atoms with Crippen molar-refractivity contribution < 1.29 is 9.18 Å². The highest BCUT2D eigenvalue weighted by atomic mass is 19.1. The molecule has 0 fully saturated rings. The summed E-state index contributed by atoms with van der Waals surface area (Å²) in [5, 5.41) is 6.77. The van der Waals surface area contributed by atoms with Crippen molar-refractivity contribution >= 4 is 34.1 Å². The van der Waals surface area contributed by atoms with Gasteiger partial charge in [-0.1, -0.05) is 6.07 Å². The molecule has 0 saturated carbocycles. The number of amides is 1. The van der Waals surface area contributed by atoms with Gasteiger partial charge in [0.05, 0.1) is 11.1 Å². The molecule has 0 spiro atoms. The van der Waals surface area contributed by atoms with Gasteiger partial charge in [-0.15, -0.1) is 0 Å². The van der Waals surface area contributed by atoms with Crippen molar-refractivity contribution in [1.82, 2.24) is 9.97 Å². The molecule has 7 nitrogen and oxygen atoms in total. The predicted octanol–water partition coefficient (Wildman–Crippen LogP) is 2.37. The van der Waals surface area contributed by atoms with Gasteiger partial charge in [0.15, 0.2) is 11.6 Å². The van der Waals surface area contributed by atoms with Crippen LogP contribution < -0.4 is 22.1 Å². The third-order valence-electron chi connectivity index (χ3n) is 3.88. The van der Waals surface area contributed by atoms with Crippen LogP contribution in [0.2, 0.25) is 0 Å². The number of hydrogen-bond acceptors (Lipinski definition) is 6. The zero-order chi connectivity index (χ0) is 18.7. The molecule has 0 radical (unpaired) electrons. The van der Waals surface area contributed by atoms with Crippen LogP contribution in [-0.4, -0.2) is 28.5 Å². The van der Waals surface area contributed by atoms with Crippen LogP contribution in [0.3, 0.4) is 0 Å². The number of aromatic nitrogens is 2. The van der Waals surface area contributed by atoms with E-state index in [4.69, 9.17) is 11.5 Å². The third-order valence-corrected chi connectivity index (χ3v) is 3.88. The van der Waals surface area contributed by atoms with E-state index in [0.29, 0.717) is 12.2 Å². The number of nitrogens with one attached hydrogen (secondary N) is 2. The first-order valence-electron chi connectivity index (χ1n) is 8.07. The Kier molecular flexibility index (Phi) is 4.94. The van der Waals surface area contributed by atoms with Crippen molar-refractivity contribution in [3.8, 4) is 0 Å². The number of rotatable bonds is 6. The molecule has 1 aromatic carbocycles. The highest BCUT2D eigenvalue weighted by Crippen LogP contribution is 2.28. The summed E-state index contributed by atoms with van der Waals surface area (Å²) in [6.07, 6.45) is 1.69. The molecule has 1 atom stereocenters. The van der Waals surface area contributed by atoms with E-state index in [-0.39, 0.29) is 23.2 Å². The average Bonchev–Trinajstić information content (AvgIpc) is 2.64. The van der Waals surface area contributed by atoms with Gasteiger partial charge in [0.2, 0.25) is 0 Å². The van der Waals surface area contributed by atoms with E-state index in [1.807, 2.05) is 24.3 Å². The molecule has 0 bridgehead atoms. The minimum atomic E-state index is -0.782. The molecule has 2 aromatic heterocycles. The predicted molar refractivity (Wildman–Crippen MR) is 99.9 cm³/mol. The van der Waals surface area contributed by atoms with Crippen molar-refractivity contribution in [2.45, 2.75) is 13.0 Å². The molecule has 0 saturated heterocycles. The van der Waals surface area contributed by atoms with Crippen LogP contribution in [0.25, 0.3) is 10.9 Å². The van der Waals surface area contributed by atoms with Crippen LogP contribution in [0.1, 0.15) is 17.3 Å². The fourth-order valence-corrected chi connectivity index (χ4v) is 2.51. The molecule has 134 valence electrons. The van der Waals surface area contributed by atoms with Gasteiger partial charge in [-0.3, -0.25) is 9.78 Å². The van der Waals surface area contributed by atoms with Gasteiger partial charge in [-0.05, 0) is 37.3 Å². The smallest absolute Gasteiger partial charge is 0.252 e. The molecule has 1 unspecified atom stereocenters. The second kappa shape index (κ2) is 7.32. The number of carbonyl (C=O) groups is 1. The summed E-state index contributed by atoms with van der Waals surface area (Å²) in [5.74, 6) is -1.31. The van der Waals surface area contributed by atoms with Crippen molar-refractivity contribution in [2.75, 3.05) is 17.2 Å². The van der Waals surface area contributed by atoms with Crippen molar-refractivity contribution in [1.29, 1.82) is 0 Å². The molecule has 0 aliphatic carbocycles. The summed E-state index contributed by atoms with van der Waals surface area (Å²) >= 11 is 0. The highest BCUT2D eigenvalue weighted by molar-refractivity contribution is 6.00. The summed E-state index contributed by atoms with van der Waals surface area (Å²) < 4.78 is 14.3. The Morgan fingerprint density at radius 1 is 1.27 bits per heavy atom. The maximum atomic E-state index is 14.3. The lowest BCUT2D eigenvalue weighted by molar-refractivity contribution is 0.100. The first-order valence-corrected chi connectivity index (χ1v) is 8.07. The molecule has 0 aliphatic heterocycles. The van der Waals surface area contributed by atoms with Crippen molar-refractivity contribution in [3.05, 3.63) is 54.0 Å². The topological polar surface area (TPSA) is 119 Å². The van der Waals surface area contributed by atoms with E-state index in [1.54, 1.807) is 19.2 Å². The van der Waals surface area contributed by atoms with Crippen LogP contribution in [0.4, 0.5) is 21.7 Å². The molecule has 6 N–H and O–H groups in total. The Labute approximate surface area is 149 Å². The fourth-order valence-electron chi connectivity index (χ4n) is 2.51. The Hall–Kier alpha value is -3.26. The zero-order valence-corrected chi connectivity index (χ0v) is 14.2. The number of primary amides is 1. The second-order valence-electron chi connectivity index (χ2n) is 5.86. The minimum absolute atomic E-state index is 0.00573. The standard InChI is InChI=1S/C18H19FN6O/c1-10(9-20)23-18-13(19)8-12(16(21)26)17(25-18)24-15-6-2-5-14-11(15)4-3-7-22-14/h2-8,10H,9,20H2,1H3,(H2,21,26)(H2,23,24,25). The molecular formula is C18H19FN6O. The van der Waals surface area contributed by atoms with Crippen LogP contribution >= 0.6 is 0 Å². The number of pyridine rings is 2. The monoisotopic (exact) mass is 354 g/mol. The lowest BCUT2D eigenvalue weighted by Crippen LogP contribution is -2.26. The number of nitrogens with zero attached hydrogens (tertiary/aromatic N) is 2. The number of fused-ring (bicyclic) bond motifs is 1. The summed E-state index contributed by atoms with van der Waals surface area (Å²) in [6.45, 7) is 2.10. The zero-order valence-electron chi connectivity index (χ0n) is 14.2. The van der Waals surface area contributed by atoms with Gasteiger partial charge in [0, 0.05) is 29.9 Å². The van der Waals surface area contributed by atoms with Gasteiger partial charge in [0.1, 0.15) is 5.82 Å². The first-order chi connectivity index (χ1) is 12.5. The molecule has 0 aliphatic rings. The lowest BCUT2D eigenvalue weighted by atomic mass is 10.1. The number of anilines is 3. The molecule has 26 heavy (non-hydrogen) atoms. The maximum absolute atomic E-state index is 14.3. The van der Waals surface area contributed by atoms with Crippen LogP contribution in [-0.2, 0) is 0 Å². The molecule has 3 rings (SSSR count). The number of benzene rings is 1. The largest absolute Gasteiger partial charge is 0.365 e. The Morgan fingerprint density at radius 3 is 2.81 bits per heavy atom. The van der Waals surface area contributed by atoms with Gasteiger partial charge in [-0.25, -0.2) is 9.37 Å². The molecular weight excluding hydrogens is 335 g/mol. The summed E-state index contributed by atoms with van der Waals surface area (Å²) in [5.41, 5.74) is 12.4. The Balaban J connectivity index is 2.07. The van der Waals surface area contributed by atoms with E-state index in [0.717, 1.165) is 17.0 Å². The first kappa shape index (κ1) is 17.6. The van der Waals surface area contributed by atoms with E-state index in [2.05, 4.69) is 20.6 Å². The van der Waals surface area contributed by atoms with Gasteiger partial charge < -0.3 is 22.1 Å². The van der Waals surface area contributed by atoms with Gasteiger partial charge in [-0.2, -0.15) is 0 Å². The van der Waals surface area contributed by atoms with Crippen LogP contribution in [0.5, 0.6) is 0 Å². The maximum Gasteiger partial charge on any atom is 0.252 e. The quantitative estimate of drug-likeness (QED) is 0.540. The van der Waals surface area contributed by atoms with Crippen molar-refractivity contribution in [2.24, 2.45) is 11.5 Å². The van der Waals surface area contributed by atoms with E-state index in [1.165, 1.54) is 0 Å². The minimum Gasteiger partial charge on any atom is -0.365 e. The van der Waals surface area contributed by atoms with E-state index < -0.39 is 11.7 Å². The van der Waals surface area contributed by atoms with Gasteiger partial charge in [0.25, 0.3) is 5.91 Å². The third kappa shape index (κ3) is 3.55. The van der Waals surface area contributed by atoms with Crippen molar-refractivity contribution in [3.63, 3.8) is 0 Å². The van der Waals surface area contributed by atoms with Crippen LogP contribution in [0.15, 0.2) is 42.6 Å². The van der Waals surface area contributed by atoms with E-state index >= 15 is 0 Å². The molecule has 8 heteroatoms. The Bertz CT molecular complexity index is 956. The average molecular weight is 354 g/mol. The summed E-state index contributed by atoms with van der Waals surface area (Å²) in [7, 11) is 0. The second-order valence-corrected chi connectivity index (χ2v) is 5.86. The molecule has 3 aromatic rings. The SMILES string of the molecule is CC(CN)Nc1nc(Nc2cccc3ncccc23)c(C(N)=O)cc1F. The van der Waals surface area contributed by atoms with Crippen LogP contribution in [0, 0.1) is 5.82 Å². The van der Waals surface area contributed by atoms with E-state index in [9.17, 15) is 9.18 Å². The molecule has 2 heterocycles.